The van der Waals surface area contributed by atoms with Crippen LogP contribution in [0.5, 0.6) is 0 Å². The molecule has 1 aliphatic heterocycles. The molecule has 0 amide bonds. The van der Waals surface area contributed by atoms with E-state index in [0.29, 0.717) is 0 Å². The Kier molecular flexibility index (Phi) is 4.14. The highest BCUT2D eigenvalue weighted by atomic mass is 16.5. The Morgan fingerprint density at radius 3 is 2.32 bits per heavy atom. The Morgan fingerprint density at radius 1 is 0.920 bits per heavy atom. The lowest BCUT2D eigenvalue weighted by atomic mass is 10.1. The topological polar surface area (TPSA) is 38.2 Å². The number of morpholine rings is 1. The molecule has 0 bridgehead atoms. The molecular weight excluding hydrogens is 310 g/mol. The summed E-state index contributed by atoms with van der Waals surface area (Å²) in [6.45, 7) is 8.02. The quantitative estimate of drug-likeness (QED) is 0.704. The molecule has 2 atom stereocenters. The Hall–Kier alpha value is -2.46. The predicted molar refractivity (Wildman–Crippen MR) is 102 cm³/mol. The van der Waals surface area contributed by atoms with Crippen LogP contribution in [0.4, 0.5) is 5.82 Å². The number of nitrogens with zero attached hydrogens (tertiary/aromatic N) is 3. The van der Waals surface area contributed by atoms with Gasteiger partial charge in [0.05, 0.1) is 17.7 Å². The standard InChI is InChI=1S/C21H23N3O/c1-14-8-10-17(11-9-14)20-22-19-7-5-4-6-18(19)21(23-20)24-12-15(2)25-16(3)13-24/h4-11,15-16H,12-13H2,1-3H3. The summed E-state index contributed by atoms with van der Waals surface area (Å²) in [5.41, 5.74) is 3.27. The van der Waals surface area contributed by atoms with E-state index in [4.69, 9.17) is 14.7 Å². The fourth-order valence-corrected chi connectivity index (χ4v) is 3.48. The average Bonchev–Trinajstić information content (AvgIpc) is 2.60. The largest absolute Gasteiger partial charge is 0.372 e. The van der Waals surface area contributed by atoms with Crippen molar-refractivity contribution in [2.75, 3.05) is 18.0 Å². The molecule has 0 aliphatic carbocycles. The third kappa shape index (κ3) is 3.22. The first-order valence-corrected chi connectivity index (χ1v) is 8.84. The lowest BCUT2D eigenvalue weighted by Gasteiger charge is -2.36. The minimum atomic E-state index is 0.195. The monoisotopic (exact) mass is 333 g/mol. The van der Waals surface area contributed by atoms with Crippen molar-refractivity contribution in [3.63, 3.8) is 0 Å². The second-order valence-corrected chi connectivity index (χ2v) is 6.92. The van der Waals surface area contributed by atoms with Crippen LogP contribution in [0.3, 0.4) is 0 Å². The van der Waals surface area contributed by atoms with Gasteiger partial charge in [-0.1, -0.05) is 42.0 Å². The second kappa shape index (κ2) is 6.45. The van der Waals surface area contributed by atoms with Crippen LogP contribution < -0.4 is 4.90 Å². The lowest BCUT2D eigenvalue weighted by Crippen LogP contribution is -2.46. The molecule has 2 unspecified atom stereocenters. The van der Waals surface area contributed by atoms with Gasteiger partial charge in [0.25, 0.3) is 0 Å². The minimum Gasteiger partial charge on any atom is -0.372 e. The molecule has 2 heterocycles. The van der Waals surface area contributed by atoms with Gasteiger partial charge in [-0.2, -0.15) is 0 Å². The second-order valence-electron chi connectivity index (χ2n) is 6.92. The van der Waals surface area contributed by atoms with E-state index in [2.05, 4.69) is 62.1 Å². The maximum absolute atomic E-state index is 5.89. The first kappa shape index (κ1) is 16.0. The van der Waals surface area contributed by atoms with Gasteiger partial charge in [-0.05, 0) is 32.9 Å². The molecule has 0 saturated carbocycles. The van der Waals surface area contributed by atoms with Gasteiger partial charge in [-0.25, -0.2) is 9.97 Å². The number of hydrogen-bond acceptors (Lipinski definition) is 4. The maximum atomic E-state index is 5.89. The van der Waals surface area contributed by atoms with Crippen LogP contribution in [-0.2, 0) is 4.74 Å². The van der Waals surface area contributed by atoms with Gasteiger partial charge in [0.1, 0.15) is 5.82 Å². The number of aromatic nitrogens is 2. The Balaban J connectivity index is 1.85. The summed E-state index contributed by atoms with van der Waals surface area (Å²) >= 11 is 0. The van der Waals surface area contributed by atoms with Crippen molar-refractivity contribution < 1.29 is 4.74 Å². The van der Waals surface area contributed by atoms with Crippen LogP contribution in [0.15, 0.2) is 48.5 Å². The molecule has 3 aromatic rings. The van der Waals surface area contributed by atoms with E-state index in [1.165, 1.54) is 5.56 Å². The van der Waals surface area contributed by atoms with E-state index in [0.717, 1.165) is 41.2 Å². The normalized spacial score (nSPS) is 20.8. The van der Waals surface area contributed by atoms with E-state index in [9.17, 15) is 0 Å². The molecule has 0 N–H and O–H groups in total. The van der Waals surface area contributed by atoms with Crippen LogP contribution in [-0.4, -0.2) is 35.3 Å². The molecule has 128 valence electrons. The molecule has 4 nitrogen and oxygen atoms in total. The SMILES string of the molecule is Cc1ccc(-c2nc(N3CC(C)OC(C)C3)c3ccccc3n2)cc1. The van der Waals surface area contributed by atoms with Crippen molar-refractivity contribution in [3.05, 3.63) is 54.1 Å². The Morgan fingerprint density at radius 2 is 1.60 bits per heavy atom. The van der Waals surface area contributed by atoms with Crippen LogP contribution >= 0.6 is 0 Å². The highest BCUT2D eigenvalue weighted by Crippen LogP contribution is 2.29. The van der Waals surface area contributed by atoms with Crippen molar-refractivity contribution in [2.24, 2.45) is 0 Å². The van der Waals surface area contributed by atoms with E-state index < -0.39 is 0 Å². The van der Waals surface area contributed by atoms with Crippen LogP contribution in [0, 0.1) is 6.92 Å². The number of benzene rings is 2. The zero-order valence-corrected chi connectivity index (χ0v) is 14.9. The highest BCUT2D eigenvalue weighted by molar-refractivity contribution is 5.91. The van der Waals surface area contributed by atoms with E-state index in [1.54, 1.807) is 0 Å². The van der Waals surface area contributed by atoms with E-state index in [1.807, 2.05) is 12.1 Å². The van der Waals surface area contributed by atoms with Gasteiger partial charge in [0, 0.05) is 24.0 Å². The van der Waals surface area contributed by atoms with Crippen LogP contribution in [0.2, 0.25) is 0 Å². The number of aryl methyl sites for hydroxylation is 1. The fourth-order valence-electron chi connectivity index (χ4n) is 3.48. The Bertz CT molecular complexity index is 881. The molecule has 0 spiro atoms. The van der Waals surface area contributed by atoms with Crippen molar-refractivity contribution in [2.45, 2.75) is 33.0 Å². The molecule has 0 radical (unpaired) electrons. The third-order valence-electron chi connectivity index (χ3n) is 4.61. The van der Waals surface area contributed by atoms with Gasteiger partial charge in [-0.15, -0.1) is 0 Å². The van der Waals surface area contributed by atoms with Crippen LogP contribution in [0.25, 0.3) is 22.3 Å². The molecule has 4 heteroatoms. The number of fused-ring (bicyclic) bond motifs is 1. The third-order valence-corrected chi connectivity index (χ3v) is 4.61. The van der Waals surface area contributed by atoms with Gasteiger partial charge >= 0.3 is 0 Å². The summed E-state index contributed by atoms with van der Waals surface area (Å²) in [7, 11) is 0. The molecule has 1 fully saturated rings. The molecule has 2 aromatic carbocycles. The van der Waals surface area contributed by atoms with Gasteiger partial charge in [-0.3, -0.25) is 0 Å². The smallest absolute Gasteiger partial charge is 0.162 e. The maximum Gasteiger partial charge on any atom is 0.162 e. The summed E-state index contributed by atoms with van der Waals surface area (Å²) in [5.74, 6) is 1.78. The highest BCUT2D eigenvalue weighted by Gasteiger charge is 2.25. The van der Waals surface area contributed by atoms with Crippen molar-refractivity contribution >= 4 is 16.7 Å². The van der Waals surface area contributed by atoms with Gasteiger partial charge in [0.2, 0.25) is 0 Å². The summed E-state index contributed by atoms with van der Waals surface area (Å²) < 4.78 is 5.89. The molecule has 4 rings (SSSR count). The first-order valence-electron chi connectivity index (χ1n) is 8.84. The molecular formula is C21H23N3O. The van der Waals surface area contributed by atoms with E-state index in [-0.39, 0.29) is 12.2 Å². The number of anilines is 1. The van der Waals surface area contributed by atoms with Crippen molar-refractivity contribution in [1.29, 1.82) is 0 Å². The summed E-state index contributed by atoms with van der Waals surface area (Å²) in [4.78, 5) is 12.1. The van der Waals surface area contributed by atoms with Crippen LogP contribution in [0.1, 0.15) is 19.4 Å². The van der Waals surface area contributed by atoms with Crippen molar-refractivity contribution in [1.82, 2.24) is 9.97 Å². The van der Waals surface area contributed by atoms with Crippen molar-refractivity contribution in [3.8, 4) is 11.4 Å². The summed E-state index contributed by atoms with van der Waals surface area (Å²) in [5, 5.41) is 1.10. The molecule has 25 heavy (non-hydrogen) atoms. The molecule has 1 saturated heterocycles. The molecule has 1 aliphatic rings. The molecule has 1 aromatic heterocycles. The zero-order chi connectivity index (χ0) is 17.4. The first-order chi connectivity index (χ1) is 12.1. The predicted octanol–water partition coefficient (Wildman–Crippen LogP) is 4.22. The van der Waals surface area contributed by atoms with Gasteiger partial charge < -0.3 is 9.64 Å². The lowest BCUT2D eigenvalue weighted by molar-refractivity contribution is -0.00536. The summed E-state index contributed by atoms with van der Waals surface area (Å²) in [6.07, 6.45) is 0.389. The number of rotatable bonds is 2. The average molecular weight is 333 g/mol. The number of para-hydroxylation sites is 1. The van der Waals surface area contributed by atoms with E-state index >= 15 is 0 Å². The number of hydrogen-bond donors (Lipinski definition) is 0. The summed E-state index contributed by atoms with van der Waals surface area (Å²) in [6, 6.07) is 16.6. The van der Waals surface area contributed by atoms with Gasteiger partial charge in [0.15, 0.2) is 5.82 Å². The number of ether oxygens (including phenoxy) is 1. The Labute approximate surface area is 148 Å². The fraction of sp³-hybridized carbons (Fsp3) is 0.333. The minimum absolute atomic E-state index is 0.195. The zero-order valence-electron chi connectivity index (χ0n) is 14.9.